The maximum Gasteiger partial charge on any atom is 0.332 e. The fraction of sp³-hybridized carbons (Fsp3) is 0.111. The third-order valence-corrected chi connectivity index (χ3v) is 1.91. The van der Waals surface area contributed by atoms with Crippen molar-refractivity contribution in [1.82, 2.24) is 5.43 Å². The van der Waals surface area contributed by atoms with Crippen LogP contribution in [0.1, 0.15) is 11.1 Å². The number of hydrazone groups is 1. The van der Waals surface area contributed by atoms with E-state index in [4.69, 9.17) is 5.73 Å². The Bertz CT molecular complexity index is 356. The molecule has 4 nitrogen and oxygen atoms in total. The summed E-state index contributed by atoms with van der Waals surface area (Å²) in [6, 6.07) is 5.14. The van der Waals surface area contributed by atoms with E-state index in [1.54, 1.807) is 0 Å². The number of carbonyl (C=O) groups excluding carboxylic acids is 1. The largest absolute Gasteiger partial charge is 0.350 e. The van der Waals surface area contributed by atoms with Gasteiger partial charge in [0.25, 0.3) is 0 Å². The molecule has 0 aromatic heterocycles. The van der Waals surface area contributed by atoms with Crippen molar-refractivity contribution < 1.29 is 4.79 Å². The summed E-state index contributed by atoms with van der Waals surface area (Å²) in [5.41, 5.74) is 8.97. The minimum atomic E-state index is -0.673. The Morgan fingerprint density at radius 1 is 1.57 bits per heavy atom. The number of urea groups is 1. The quantitative estimate of drug-likeness (QED) is 0.614. The maximum absolute atomic E-state index is 10.3. The van der Waals surface area contributed by atoms with Crippen molar-refractivity contribution >= 4 is 28.2 Å². The molecular formula is C9H10BrN3O. The molecule has 1 rings (SSSR count). The molecule has 0 unspecified atom stereocenters. The van der Waals surface area contributed by atoms with Crippen molar-refractivity contribution in [1.29, 1.82) is 0 Å². The average Bonchev–Trinajstić information content (AvgIpc) is 2.01. The van der Waals surface area contributed by atoms with E-state index < -0.39 is 6.03 Å². The Hall–Kier alpha value is -1.36. The number of nitrogens with two attached hydrogens (primary N) is 1. The predicted molar refractivity (Wildman–Crippen MR) is 59.2 cm³/mol. The van der Waals surface area contributed by atoms with Gasteiger partial charge in [-0.15, -0.1) is 0 Å². The molecule has 0 aliphatic heterocycles. The van der Waals surface area contributed by atoms with Gasteiger partial charge in [0.2, 0.25) is 0 Å². The number of hydrogen-bond donors (Lipinski definition) is 2. The van der Waals surface area contributed by atoms with Crippen LogP contribution >= 0.6 is 15.9 Å². The van der Waals surface area contributed by atoms with Crippen LogP contribution in [0.5, 0.6) is 0 Å². The standard InChI is InChI=1S/C9H10BrN3O/c1-6-2-7(4-8(10)3-6)5-12-13-9(11)14/h2-5H,1H3,(H3,11,13,14). The predicted octanol–water partition coefficient (Wildman–Crippen LogP) is 1.76. The van der Waals surface area contributed by atoms with Gasteiger partial charge in [-0.1, -0.05) is 22.0 Å². The number of rotatable bonds is 2. The van der Waals surface area contributed by atoms with Crippen LogP contribution in [0.15, 0.2) is 27.8 Å². The molecule has 0 aliphatic carbocycles. The van der Waals surface area contributed by atoms with E-state index in [1.807, 2.05) is 25.1 Å². The second-order valence-electron chi connectivity index (χ2n) is 2.80. The lowest BCUT2D eigenvalue weighted by atomic mass is 10.2. The molecule has 0 fully saturated rings. The Labute approximate surface area is 90.3 Å². The molecule has 0 saturated carbocycles. The van der Waals surface area contributed by atoms with Crippen LogP contribution < -0.4 is 11.2 Å². The van der Waals surface area contributed by atoms with Gasteiger partial charge in [-0.25, -0.2) is 10.2 Å². The first kappa shape index (κ1) is 10.7. The first-order valence-electron chi connectivity index (χ1n) is 3.93. The number of hydrogen-bond acceptors (Lipinski definition) is 2. The van der Waals surface area contributed by atoms with Gasteiger partial charge in [-0.3, -0.25) is 0 Å². The molecule has 0 spiro atoms. The molecule has 74 valence electrons. The Morgan fingerprint density at radius 2 is 2.29 bits per heavy atom. The van der Waals surface area contributed by atoms with Crippen LogP contribution in [0.4, 0.5) is 4.79 Å². The van der Waals surface area contributed by atoms with E-state index in [9.17, 15) is 4.79 Å². The van der Waals surface area contributed by atoms with Gasteiger partial charge >= 0.3 is 6.03 Å². The van der Waals surface area contributed by atoms with Crippen LogP contribution in [-0.4, -0.2) is 12.2 Å². The minimum absolute atomic E-state index is 0.673. The van der Waals surface area contributed by atoms with Gasteiger partial charge in [0, 0.05) is 4.47 Å². The number of halogens is 1. The molecule has 5 heteroatoms. The molecule has 1 aromatic rings. The normalized spacial score (nSPS) is 10.4. The monoisotopic (exact) mass is 255 g/mol. The minimum Gasteiger partial charge on any atom is -0.350 e. The average molecular weight is 256 g/mol. The second-order valence-corrected chi connectivity index (χ2v) is 3.71. The smallest absolute Gasteiger partial charge is 0.332 e. The zero-order valence-electron chi connectivity index (χ0n) is 7.62. The van der Waals surface area contributed by atoms with E-state index in [0.29, 0.717) is 0 Å². The lowest BCUT2D eigenvalue weighted by Gasteiger charge is -1.98. The number of aryl methyl sites for hydroxylation is 1. The van der Waals surface area contributed by atoms with Crippen molar-refractivity contribution in [2.45, 2.75) is 6.92 Å². The SMILES string of the molecule is Cc1cc(Br)cc(C=NNC(N)=O)c1. The highest BCUT2D eigenvalue weighted by molar-refractivity contribution is 9.10. The highest BCUT2D eigenvalue weighted by atomic mass is 79.9. The summed E-state index contributed by atoms with van der Waals surface area (Å²) in [5, 5.41) is 3.65. The lowest BCUT2D eigenvalue weighted by Crippen LogP contribution is -2.24. The summed E-state index contributed by atoms with van der Waals surface area (Å²) < 4.78 is 0.970. The summed E-state index contributed by atoms with van der Waals surface area (Å²) in [7, 11) is 0. The molecule has 0 bridgehead atoms. The summed E-state index contributed by atoms with van der Waals surface area (Å²) in [5.74, 6) is 0. The molecule has 1 aromatic carbocycles. The first-order chi connectivity index (χ1) is 6.58. The van der Waals surface area contributed by atoms with E-state index in [2.05, 4.69) is 26.5 Å². The van der Waals surface area contributed by atoms with Crippen molar-refractivity contribution in [2.24, 2.45) is 10.8 Å². The first-order valence-corrected chi connectivity index (χ1v) is 4.73. The van der Waals surface area contributed by atoms with Gasteiger partial charge < -0.3 is 5.73 Å². The number of benzene rings is 1. The Balaban J connectivity index is 2.76. The van der Waals surface area contributed by atoms with Gasteiger partial charge in [0.05, 0.1) is 6.21 Å². The molecule has 0 atom stereocenters. The molecule has 0 heterocycles. The van der Waals surface area contributed by atoms with E-state index in [-0.39, 0.29) is 0 Å². The van der Waals surface area contributed by atoms with E-state index in [0.717, 1.165) is 15.6 Å². The highest BCUT2D eigenvalue weighted by Crippen LogP contribution is 2.13. The topological polar surface area (TPSA) is 67.5 Å². The van der Waals surface area contributed by atoms with Crippen molar-refractivity contribution in [3.8, 4) is 0 Å². The molecular weight excluding hydrogens is 246 g/mol. The number of amides is 2. The van der Waals surface area contributed by atoms with Gasteiger partial charge in [-0.05, 0) is 30.2 Å². The molecule has 0 saturated heterocycles. The fourth-order valence-corrected chi connectivity index (χ4v) is 1.63. The van der Waals surface area contributed by atoms with Crippen molar-refractivity contribution in [3.63, 3.8) is 0 Å². The zero-order chi connectivity index (χ0) is 10.6. The van der Waals surface area contributed by atoms with E-state index in [1.165, 1.54) is 6.21 Å². The summed E-state index contributed by atoms with van der Waals surface area (Å²) >= 11 is 3.36. The summed E-state index contributed by atoms with van der Waals surface area (Å²) in [6.07, 6.45) is 1.53. The number of carbonyl (C=O) groups is 1. The second kappa shape index (κ2) is 4.76. The van der Waals surface area contributed by atoms with Crippen LogP contribution in [0.3, 0.4) is 0 Å². The number of primary amides is 1. The van der Waals surface area contributed by atoms with Gasteiger partial charge in [0.1, 0.15) is 0 Å². The van der Waals surface area contributed by atoms with Crippen molar-refractivity contribution in [2.75, 3.05) is 0 Å². The number of nitrogens with zero attached hydrogens (tertiary/aromatic N) is 1. The zero-order valence-corrected chi connectivity index (χ0v) is 9.21. The van der Waals surface area contributed by atoms with Gasteiger partial charge in [0.15, 0.2) is 0 Å². The third-order valence-electron chi connectivity index (χ3n) is 1.45. The summed E-state index contributed by atoms with van der Waals surface area (Å²) in [6.45, 7) is 1.98. The van der Waals surface area contributed by atoms with E-state index >= 15 is 0 Å². The Morgan fingerprint density at radius 3 is 2.86 bits per heavy atom. The van der Waals surface area contributed by atoms with Crippen molar-refractivity contribution in [3.05, 3.63) is 33.8 Å². The van der Waals surface area contributed by atoms with Gasteiger partial charge in [-0.2, -0.15) is 5.10 Å². The molecule has 0 radical (unpaired) electrons. The maximum atomic E-state index is 10.3. The molecule has 0 aliphatic rings. The molecule has 14 heavy (non-hydrogen) atoms. The Kier molecular flexibility index (Phi) is 3.64. The molecule has 2 amide bonds. The fourth-order valence-electron chi connectivity index (χ4n) is 1.01. The van der Waals surface area contributed by atoms with Crippen LogP contribution in [0.2, 0.25) is 0 Å². The molecule has 3 N–H and O–H groups in total. The van der Waals surface area contributed by atoms with Crippen LogP contribution in [-0.2, 0) is 0 Å². The van der Waals surface area contributed by atoms with Crippen LogP contribution in [0, 0.1) is 6.92 Å². The number of nitrogens with one attached hydrogen (secondary N) is 1. The van der Waals surface area contributed by atoms with Crippen LogP contribution in [0.25, 0.3) is 0 Å². The third kappa shape index (κ3) is 3.57. The lowest BCUT2D eigenvalue weighted by molar-refractivity contribution is 0.249. The highest BCUT2D eigenvalue weighted by Gasteiger charge is 1.93. The summed E-state index contributed by atoms with van der Waals surface area (Å²) in [4.78, 5) is 10.3.